The lowest BCUT2D eigenvalue weighted by Gasteiger charge is -2.28. The van der Waals surface area contributed by atoms with Crippen LogP contribution >= 0.6 is 7.82 Å². The van der Waals surface area contributed by atoms with Gasteiger partial charge in [0.1, 0.15) is 19.3 Å². The number of carbonyl (C=O) groups excluding carboxylic acids is 1. The van der Waals surface area contributed by atoms with Crippen LogP contribution in [0.15, 0.2) is 72.9 Å². The van der Waals surface area contributed by atoms with E-state index in [1.54, 1.807) is 0 Å². The summed E-state index contributed by atoms with van der Waals surface area (Å²) in [4.78, 5) is 24.9. The first-order valence-corrected chi connectivity index (χ1v) is 21.1. The molecule has 0 radical (unpaired) electrons. The molecule has 2 unspecified atom stereocenters. The molecule has 0 aliphatic rings. The summed E-state index contributed by atoms with van der Waals surface area (Å²) in [7, 11) is 1.30. The van der Waals surface area contributed by atoms with Crippen molar-refractivity contribution in [3.63, 3.8) is 0 Å². The number of quaternary nitrogens is 1. The van der Waals surface area contributed by atoms with E-state index in [4.69, 9.17) is 18.5 Å². The molecule has 0 spiro atoms. The van der Waals surface area contributed by atoms with Gasteiger partial charge in [0, 0.05) is 13.0 Å². The summed E-state index contributed by atoms with van der Waals surface area (Å²) in [6, 6.07) is 0. The summed E-state index contributed by atoms with van der Waals surface area (Å²) in [6.07, 6.45) is 43.5. The Morgan fingerprint density at radius 2 is 1.14 bits per heavy atom. The van der Waals surface area contributed by atoms with E-state index >= 15 is 0 Å². The molecule has 0 fully saturated rings. The molecule has 9 heteroatoms. The largest absolute Gasteiger partial charge is 0.756 e. The number of phosphoric acid groups is 1. The average Bonchev–Trinajstić information content (AvgIpc) is 3.08. The number of likely N-dealkylation sites (N-methyl/N-ethyl adjacent to an activating group) is 1. The van der Waals surface area contributed by atoms with Gasteiger partial charge < -0.3 is 27.9 Å². The van der Waals surface area contributed by atoms with Crippen LogP contribution in [0.3, 0.4) is 0 Å². The fraction of sp³-hybridized carbons (Fsp3) is 0.690. The number of rotatable bonds is 35. The second kappa shape index (κ2) is 35.0. The standard InChI is InChI=1S/C42H74NO7P/c1-6-8-10-12-14-16-18-20-22-23-25-27-29-31-33-35-42(44)50-41(40-49-51(45,46)48-38-36-43(3,4)5)39-47-37-34-32-30-28-26-24-21-19-17-15-13-11-9-7-2/h9,11,14-17,20-22,24,28,30,41H,6-8,10,12-13,18-19,23,25-27,29,31-40H2,1-5H3/b11-9-,16-14-,17-15-,22-20-,24-21-,30-28-. The molecule has 0 aromatic carbocycles. The molecule has 0 amide bonds. The molecule has 0 bridgehead atoms. The second-order valence-corrected chi connectivity index (χ2v) is 15.3. The summed E-state index contributed by atoms with van der Waals surface area (Å²) >= 11 is 0. The zero-order chi connectivity index (χ0) is 37.7. The molecule has 0 rings (SSSR count). The molecule has 8 nitrogen and oxygen atoms in total. The summed E-state index contributed by atoms with van der Waals surface area (Å²) in [5, 5.41) is 0. The zero-order valence-corrected chi connectivity index (χ0v) is 33.9. The number of ether oxygens (including phenoxy) is 2. The normalized spacial score (nSPS) is 14.7. The summed E-state index contributed by atoms with van der Waals surface area (Å²) in [5.74, 6) is -0.371. The maximum atomic E-state index is 12.6. The van der Waals surface area contributed by atoms with Gasteiger partial charge in [-0.1, -0.05) is 119 Å². The van der Waals surface area contributed by atoms with Gasteiger partial charge in [0.15, 0.2) is 0 Å². The van der Waals surface area contributed by atoms with Crippen molar-refractivity contribution in [2.75, 3.05) is 54.1 Å². The Balaban J connectivity index is 4.43. The van der Waals surface area contributed by atoms with Crippen molar-refractivity contribution in [2.24, 2.45) is 0 Å². The van der Waals surface area contributed by atoms with E-state index in [1.165, 1.54) is 25.7 Å². The Morgan fingerprint density at radius 3 is 1.71 bits per heavy atom. The Labute approximate surface area is 312 Å². The molecule has 0 heterocycles. The van der Waals surface area contributed by atoms with E-state index in [9.17, 15) is 14.3 Å². The second-order valence-electron chi connectivity index (χ2n) is 13.9. The lowest BCUT2D eigenvalue weighted by molar-refractivity contribution is -0.870. The van der Waals surface area contributed by atoms with Crippen LogP contribution < -0.4 is 4.89 Å². The number of nitrogens with zero attached hydrogens (tertiary/aromatic N) is 1. The minimum Gasteiger partial charge on any atom is -0.756 e. The fourth-order valence-corrected chi connectivity index (χ4v) is 5.42. The molecule has 0 aliphatic carbocycles. The number of phosphoric ester groups is 1. The third kappa shape index (κ3) is 39.0. The van der Waals surface area contributed by atoms with Crippen molar-refractivity contribution < 1.29 is 37.3 Å². The van der Waals surface area contributed by atoms with Gasteiger partial charge in [0.2, 0.25) is 0 Å². The van der Waals surface area contributed by atoms with E-state index in [0.29, 0.717) is 17.6 Å². The number of allylic oxidation sites excluding steroid dienone is 12. The number of esters is 1. The Bertz CT molecular complexity index is 1040. The van der Waals surface area contributed by atoms with Crippen LogP contribution in [0.25, 0.3) is 0 Å². The lowest BCUT2D eigenvalue weighted by Crippen LogP contribution is -2.37. The summed E-state index contributed by atoms with van der Waals surface area (Å²) in [5.41, 5.74) is 0. The predicted octanol–water partition coefficient (Wildman–Crippen LogP) is 10.5. The molecule has 0 aromatic rings. The van der Waals surface area contributed by atoms with Crippen molar-refractivity contribution in [1.29, 1.82) is 0 Å². The Kier molecular flexibility index (Phi) is 33.6. The van der Waals surface area contributed by atoms with Gasteiger partial charge >= 0.3 is 5.97 Å². The maximum absolute atomic E-state index is 12.6. The molecule has 0 N–H and O–H groups in total. The van der Waals surface area contributed by atoms with Gasteiger partial charge in [-0.05, 0) is 77.0 Å². The van der Waals surface area contributed by atoms with Gasteiger partial charge in [-0.3, -0.25) is 9.36 Å². The van der Waals surface area contributed by atoms with E-state index in [2.05, 4.69) is 86.8 Å². The molecule has 0 aromatic heterocycles. The first-order chi connectivity index (χ1) is 24.6. The SMILES string of the molecule is CC/C=C\C/C=C\C/C=C\C/C=C\CCCOCC(COP(=O)([O-])OCC[N+](C)(C)C)OC(=O)CCCCCCC/C=C\C/C=C\CCCCC. The summed E-state index contributed by atoms with van der Waals surface area (Å²) in [6.45, 7) is 5.06. The highest BCUT2D eigenvalue weighted by Crippen LogP contribution is 2.38. The van der Waals surface area contributed by atoms with E-state index < -0.39 is 13.9 Å². The van der Waals surface area contributed by atoms with Crippen LogP contribution in [0.1, 0.15) is 129 Å². The van der Waals surface area contributed by atoms with Gasteiger partial charge in [-0.25, -0.2) is 0 Å². The highest BCUT2D eigenvalue weighted by molar-refractivity contribution is 7.45. The zero-order valence-electron chi connectivity index (χ0n) is 33.0. The van der Waals surface area contributed by atoms with Crippen LogP contribution in [0.5, 0.6) is 0 Å². The smallest absolute Gasteiger partial charge is 0.306 e. The monoisotopic (exact) mass is 736 g/mol. The fourth-order valence-electron chi connectivity index (χ4n) is 4.70. The highest BCUT2D eigenvalue weighted by Gasteiger charge is 2.20. The third-order valence-electron chi connectivity index (χ3n) is 7.74. The van der Waals surface area contributed by atoms with Crippen molar-refractivity contribution in [1.82, 2.24) is 0 Å². The van der Waals surface area contributed by atoms with Crippen molar-refractivity contribution in [3.05, 3.63) is 72.9 Å². The minimum absolute atomic E-state index is 0.00928. The van der Waals surface area contributed by atoms with Crippen molar-refractivity contribution >= 4 is 13.8 Å². The Hall–Kier alpha value is -2.06. The van der Waals surface area contributed by atoms with E-state index in [0.717, 1.165) is 83.5 Å². The molecule has 294 valence electrons. The number of hydrogen-bond donors (Lipinski definition) is 0. The van der Waals surface area contributed by atoms with Gasteiger partial charge in [-0.2, -0.15) is 0 Å². The highest BCUT2D eigenvalue weighted by atomic mass is 31.2. The van der Waals surface area contributed by atoms with Gasteiger partial charge in [-0.15, -0.1) is 0 Å². The molecule has 0 aliphatic heterocycles. The topological polar surface area (TPSA) is 94.1 Å². The van der Waals surface area contributed by atoms with Crippen LogP contribution in [0.4, 0.5) is 0 Å². The van der Waals surface area contributed by atoms with Crippen molar-refractivity contribution in [3.8, 4) is 0 Å². The molecular formula is C42H74NO7P. The third-order valence-corrected chi connectivity index (χ3v) is 8.71. The molecule has 0 saturated carbocycles. The lowest BCUT2D eigenvalue weighted by atomic mass is 10.1. The van der Waals surface area contributed by atoms with Gasteiger partial charge in [0.25, 0.3) is 7.82 Å². The first-order valence-electron chi connectivity index (χ1n) is 19.7. The number of unbranched alkanes of at least 4 members (excludes halogenated alkanes) is 9. The average molecular weight is 736 g/mol. The predicted molar refractivity (Wildman–Crippen MR) is 212 cm³/mol. The van der Waals surface area contributed by atoms with Crippen LogP contribution in [0, 0.1) is 0 Å². The quantitative estimate of drug-likeness (QED) is 0.0210. The molecule has 0 saturated heterocycles. The van der Waals surface area contributed by atoms with Crippen LogP contribution in [-0.2, 0) is 27.9 Å². The van der Waals surface area contributed by atoms with Crippen molar-refractivity contribution in [2.45, 2.75) is 136 Å². The molecular weight excluding hydrogens is 661 g/mol. The van der Waals surface area contributed by atoms with E-state index in [-0.39, 0.29) is 32.2 Å². The Morgan fingerprint density at radius 1 is 0.627 bits per heavy atom. The minimum atomic E-state index is -4.54. The van der Waals surface area contributed by atoms with Gasteiger partial charge in [0.05, 0.1) is 34.4 Å². The van der Waals surface area contributed by atoms with Crippen LogP contribution in [0.2, 0.25) is 0 Å². The summed E-state index contributed by atoms with van der Waals surface area (Å²) < 4.78 is 34.4. The maximum Gasteiger partial charge on any atom is 0.306 e. The number of carbonyl (C=O) groups is 1. The number of hydrogen-bond acceptors (Lipinski definition) is 7. The molecule has 2 atom stereocenters. The van der Waals surface area contributed by atoms with E-state index in [1.807, 2.05) is 21.1 Å². The van der Waals surface area contributed by atoms with Crippen LogP contribution in [-0.4, -0.2) is 70.7 Å². The molecule has 51 heavy (non-hydrogen) atoms. The first kappa shape index (κ1) is 48.9.